The Morgan fingerprint density at radius 3 is 2.00 bits per heavy atom. The summed E-state index contributed by atoms with van der Waals surface area (Å²) >= 11 is 0. The molecule has 1 rings (SSSR count). The second kappa shape index (κ2) is 6.54. The van der Waals surface area contributed by atoms with Crippen molar-refractivity contribution in [2.45, 2.75) is 46.1 Å². The van der Waals surface area contributed by atoms with E-state index in [0.29, 0.717) is 17.8 Å². The highest BCUT2D eigenvalue weighted by atomic mass is 15.2. The van der Waals surface area contributed by atoms with Crippen LogP contribution in [0.4, 0.5) is 0 Å². The molecule has 104 valence electrons. The first-order valence-corrected chi connectivity index (χ1v) is 7.26. The fraction of sp³-hybridized carbons (Fsp3) is 0.933. The van der Waals surface area contributed by atoms with Crippen LogP contribution in [0.2, 0.25) is 0 Å². The van der Waals surface area contributed by atoms with Crippen molar-refractivity contribution in [2.24, 2.45) is 17.8 Å². The molecule has 1 aliphatic rings. The lowest BCUT2D eigenvalue weighted by Crippen LogP contribution is -2.54. The molecule has 3 nitrogen and oxygen atoms in total. The molecule has 0 spiro atoms. The second-order valence-corrected chi connectivity index (χ2v) is 6.59. The van der Waals surface area contributed by atoms with Crippen LogP contribution in [0, 0.1) is 29.1 Å². The quantitative estimate of drug-likeness (QED) is 0.720. The minimum Gasteiger partial charge on any atom is -0.301 e. The Morgan fingerprint density at radius 2 is 1.72 bits per heavy atom. The summed E-state index contributed by atoms with van der Waals surface area (Å²) in [4.78, 5) is 2.47. The van der Waals surface area contributed by atoms with Gasteiger partial charge in [0.2, 0.25) is 0 Å². The molecule has 0 aromatic rings. The lowest BCUT2D eigenvalue weighted by molar-refractivity contribution is 0.168. The van der Waals surface area contributed by atoms with Crippen LogP contribution >= 0.6 is 0 Å². The van der Waals surface area contributed by atoms with Crippen LogP contribution in [-0.4, -0.2) is 37.1 Å². The minimum absolute atomic E-state index is 0.330. The van der Waals surface area contributed by atoms with Gasteiger partial charge < -0.3 is 5.32 Å². The number of nitrogens with zero attached hydrogens (tertiary/aromatic N) is 2. The Balaban J connectivity index is 2.70. The number of nitriles is 1. The molecular formula is C15H29N3. The molecule has 0 heterocycles. The molecule has 0 amide bonds. The van der Waals surface area contributed by atoms with E-state index in [1.165, 1.54) is 12.8 Å². The Labute approximate surface area is 113 Å². The Hall–Kier alpha value is -0.590. The van der Waals surface area contributed by atoms with Crippen LogP contribution in [0.1, 0.15) is 40.5 Å². The number of rotatable bonds is 8. The van der Waals surface area contributed by atoms with E-state index < -0.39 is 0 Å². The molecule has 1 atom stereocenters. The van der Waals surface area contributed by atoms with E-state index in [4.69, 9.17) is 0 Å². The largest absolute Gasteiger partial charge is 0.301 e. The Bertz CT molecular complexity index is 279. The highest BCUT2D eigenvalue weighted by molar-refractivity contribution is 5.16. The standard InChI is InChI=1S/C15H29N3/c1-12(2)8-18(9-13(3)4)11-15(10-16,17-5)14-6-7-14/h12-14,17H,6-9,11H2,1-5H3. The van der Waals surface area contributed by atoms with Gasteiger partial charge in [0.25, 0.3) is 0 Å². The zero-order valence-corrected chi connectivity index (χ0v) is 12.7. The van der Waals surface area contributed by atoms with E-state index in [9.17, 15) is 5.26 Å². The molecule has 3 heteroatoms. The van der Waals surface area contributed by atoms with Crippen molar-refractivity contribution in [3.63, 3.8) is 0 Å². The average molecular weight is 251 g/mol. The summed E-state index contributed by atoms with van der Waals surface area (Å²) in [6.45, 7) is 12.0. The first-order valence-electron chi connectivity index (χ1n) is 7.26. The van der Waals surface area contributed by atoms with Crippen LogP contribution in [0.15, 0.2) is 0 Å². The summed E-state index contributed by atoms with van der Waals surface area (Å²) in [7, 11) is 1.93. The van der Waals surface area contributed by atoms with Gasteiger partial charge in [-0.05, 0) is 37.6 Å². The van der Waals surface area contributed by atoms with Crippen LogP contribution in [0.5, 0.6) is 0 Å². The Kier molecular flexibility index (Phi) is 5.62. The monoisotopic (exact) mass is 251 g/mol. The number of hydrogen-bond acceptors (Lipinski definition) is 3. The summed E-state index contributed by atoms with van der Waals surface area (Å²) in [5.74, 6) is 1.85. The van der Waals surface area contributed by atoms with Crippen molar-refractivity contribution in [2.75, 3.05) is 26.7 Å². The molecule has 1 unspecified atom stereocenters. The molecule has 0 saturated heterocycles. The minimum atomic E-state index is -0.330. The van der Waals surface area contributed by atoms with E-state index in [2.05, 4.69) is 44.0 Å². The van der Waals surface area contributed by atoms with Crippen molar-refractivity contribution < 1.29 is 0 Å². The Morgan fingerprint density at radius 1 is 1.22 bits per heavy atom. The third-order valence-corrected chi connectivity index (χ3v) is 3.64. The van der Waals surface area contributed by atoms with Gasteiger partial charge in [0.15, 0.2) is 0 Å². The molecule has 0 aromatic carbocycles. The third-order valence-electron chi connectivity index (χ3n) is 3.64. The van der Waals surface area contributed by atoms with Crippen LogP contribution < -0.4 is 5.32 Å². The molecule has 18 heavy (non-hydrogen) atoms. The van der Waals surface area contributed by atoms with Crippen LogP contribution in [-0.2, 0) is 0 Å². The smallest absolute Gasteiger partial charge is 0.122 e. The molecule has 0 bridgehead atoms. The number of hydrogen-bond donors (Lipinski definition) is 1. The lowest BCUT2D eigenvalue weighted by Gasteiger charge is -2.35. The highest BCUT2D eigenvalue weighted by Gasteiger charge is 2.45. The summed E-state index contributed by atoms with van der Waals surface area (Å²) in [6.07, 6.45) is 2.40. The van der Waals surface area contributed by atoms with Crippen molar-refractivity contribution in [3.05, 3.63) is 0 Å². The molecule has 0 aromatic heterocycles. The van der Waals surface area contributed by atoms with Crippen LogP contribution in [0.3, 0.4) is 0 Å². The lowest BCUT2D eigenvalue weighted by atomic mass is 9.93. The van der Waals surface area contributed by atoms with Gasteiger partial charge in [-0.2, -0.15) is 5.26 Å². The van der Waals surface area contributed by atoms with Gasteiger partial charge in [0, 0.05) is 19.6 Å². The van der Waals surface area contributed by atoms with E-state index in [1.807, 2.05) is 7.05 Å². The highest BCUT2D eigenvalue weighted by Crippen LogP contribution is 2.39. The summed E-state index contributed by atoms with van der Waals surface area (Å²) in [5, 5.41) is 12.9. The zero-order chi connectivity index (χ0) is 13.8. The summed E-state index contributed by atoms with van der Waals surface area (Å²) < 4.78 is 0. The molecule has 0 radical (unpaired) electrons. The average Bonchev–Trinajstić information content (AvgIpc) is 3.08. The van der Waals surface area contributed by atoms with Gasteiger partial charge in [-0.25, -0.2) is 0 Å². The maximum absolute atomic E-state index is 9.56. The van der Waals surface area contributed by atoms with Gasteiger partial charge in [0.05, 0.1) is 6.07 Å². The summed E-state index contributed by atoms with van der Waals surface area (Å²) in [6, 6.07) is 2.55. The maximum atomic E-state index is 9.56. The predicted molar refractivity (Wildman–Crippen MR) is 76.2 cm³/mol. The molecular weight excluding hydrogens is 222 g/mol. The zero-order valence-electron chi connectivity index (χ0n) is 12.7. The van der Waals surface area contributed by atoms with E-state index in [1.54, 1.807) is 0 Å². The first kappa shape index (κ1) is 15.5. The van der Waals surface area contributed by atoms with Gasteiger partial charge in [-0.1, -0.05) is 27.7 Å². The van der Waals surface area contributed by atoms with E-state index in [-0.39, 0.29) is 5.54 Å². The van der Waals surface area contributed by atoms with Crippen LogP contribution in [0.25, 0.3) is 0 Å². The van der Waals surface area contributed by atoms with Gasteiger partial charge in [0.1, 0.15) is 5.54 Å². The first-order chi connectivity index (χ1) is 8.43. The van der Waals surface area contributed by atoms with Gasteiger partial charge >= 0.3 is 0 Å². The second-order valence-electron chi connectivity index (χ2n) is 6.59. The SMILES string of the molecule is CNC(C#N)(CN(CC(C)C)CC(C)C)C1CC1. The fourth-order valence-electron chi connectivity index (χ4n) is 2.76. The topological polar surface area (TPSA) is 39.1 Å². The normalized spacial score (nSPS) is 19.3. The van der Waals surface area contributed by atoms with E-state index in [0.717, 1.165) is 19.6 Å². The van der Waals surface area contributed by atoms with Crippen molar-refractivity contribution in [1.82, 2.24) is 10.2 Å². The van der Waals surface area contributed by atoms with Gasteiger partial charge in [-0.3, -0.25) is 4.90 Å². The van der Waals surface area contributed by atoms with Crippen molar-refractivity contribution in [1.29, 1.82) is 5.26 Å². The molecule has 1 N–H and O–H groups in total. The molecule has 1 saturated carbocycles. The van der Waals surface area contributed by atoms with Crippen molar-refractivity contribution in [3.8, 4) is 6.07 Å². The van der Waals surface area contributed by atoms with Gasteiger partial charge in [-0.15, -0.1) is 0 Å². The van der Waals surface area contributed by atoms with E-state index >= 15 is 0 Å². The molecule has 0 aliphatic heterocycles. The van der Waals surface area contributed by atoms with Crippen molar-refractivity contribution >= 4 is 0 Å². The predicted octanol–water partition coefficient (Wildman–Crippen LogP) is 2.49. The third kappa shape index (κ3) is 4.26. The fourth-order valence-corrected chi connectivity index (χ4v) is 2.76. The maximum Gasteiger partial charge on any atom is 0.122 e. The molecule has 1 aliphatic carbocycles. The summed E-state index contributed by atoms with van der Waals surface area (Å²) in [5.41, 5.74) is -0.330. The molecule has 1 fully saturated rings. The number of likely N-dealkylation sites (N-methyl/N-ethyl adjacent to an activating group) is 1. The number of nitrogens with one attached hydrogen (secondary N) is 1.